The third kappa shape index (κ3) is 4.25. The second-order valence-corrected chi connectivity index (χ2v) is 11.3. The smallest absolute Gasteiger partial charge is 0.307 e. The van der Waals surface area contributed by atoms with Gasteiger partial charge < -0.3 is 5.32 Å². The van der Waals surface area contributed by atoms with Gasteiger partial charge in [-0.1, -0.05) is 25.6 Å². The Morgan fingerprint density at radius 2 is 2.06 bits per heavy atom. The number of anilines is 1. The maximum atomic E-state index is 12.9. The van der Waals surface area contributed by atoms with Crippen molar-refractivity contribution in [3.8, 4) is 6.07 Å². The predicted octanol–water partition coefficient (Wildman–Crippen LogP) is 5.17. The summed E-state index contributed by atoms with van der Waals surface area (Å²) in [6.45, 7) is 7.70. The standard InChI is InChI=1S/C23H25N3O3S2/c1-13(2)20-11-17(12-24)22(30-20)31(28,29)26-23(27)25-21-18(14(3)15-7-8-15)10-9-16-5-4-6-19(16)21/h9-11,14-15H,1,4-8H2,2-3H3,(H2,25,26,27)/t14-/m1/s1. The summed E-state index contributed by atoms with van der Waals surface area (Å²) >= 11 is 0.935. The number of hydrogen-bond donors (Lipinski definition) is 2. The molecule has 31 heavy (non-hydrogen) atoms. The average molecular weight is 456 g/mol. The normalized spacial score (nSPS) is 16.3. The van der Waals surface area contributed by atoms with Gasteiger partial charge in [-0.15, -0.1) is 11.3 Å². The number of nitrogens with one attached hydrogen (secondary N) is 2. The molecule has 1 atom stereocenters. The molecule has 6 nitrogen and oxygen atoms in total. The van der Waals surface area contributed by atoms with E-state index in [0.717, 1.165) is 47.4 Å². The van der Waals surface area contributed by atoms with Gasteiger partial charge in [0.2, 0.25) is 0 Å². The van der Waals surface area contributed by atoms with Gasteiger partial charge in [0.15, 0.2) is 4.21 Å². The molecule has 0 aliphatic heterocycles. The number of carbonyl (C=O) groups is 1. The lowest BCUT2D eigenvalue weighted by Crippen LogP contribution is -2.35. The fourth-order valence-electron chi connectivity index (χ4n) is 4.23. The molecule has 2 aliphatic rings. The number of thiophene rings is 1. The molecular formula is C23H25N3O3S2. The number of nitrogens with zero attached hydrogens (tertiary/aromatic N) is 1. The molecule has 0 spiro atoms. The Labute approximate surface area is 187 Å². The summed E-state index contributed by atoms with van der Waals surface area (Å²) in [5.41, 5.74) is 4.79. The molecule has 0 unspecified atom stereocenters. The van der Waals surface area contributed by atoms with E-state index in [0.29, 0.717) is 22.3 Å². The number of rotatable bonds is 6. The van der Waals surface area contributed by atoms with Crippen LogP contribution >= 0.6 is 11.3 Å². The molecule has 1 aromatic carbocycles. The van der Waals surface area contributed by atoms with Crippen LogP contribution in [0, 0.1) is 17.2 Å². The van der Waals surface area contributed by atoms with E-state index in [1.54, 1.807) is 6.92 Å². The number of sulfonamides is 1. The highest BCUT2D eigenvalue weighted by Crippen LogP contribution is 2.46. The highest BCUT2D eigenvalue weighted by Gasteiger charge is 2.33. The van der Waals surface area contributed by atoms with Crippen LogP contribution in [-0.4, -0.2) is 14.4 Å². The zero-order valence-electron chi connectivity index (χ0n) is 17.6. The van der Waals surface area contributed by atoms with Gasteiger partial charge in [0.05, 0.1) is 5.56 Å². The zero-order valence-corrected chi connectivity index (χ0v) is 19.3. The van der Waals surface area contributed by atoms with E-state index in [-0.39, 0.29) is 9.77 Å². The van der Waals surface area contributed by atoms with Crippen LogP contribution in [-0.2, 0) is 22.9 Å². The van der Waals surface area contributed by atoms with Crippen LogP contribution in [0.2, 0.25) is 0 Å². The van der Waals surface area contributed by atoms with Crippen LogP contribution in [0.15, 0.2) is 29.0 Å². The van der Waals surface area contributed by atoms with Gasteiger partial charge in [0, 0.05) is 10.6 Å². The molecule has 2 aromatic rings. The molecule has 4 rings (SSSR count). The van der Waals surface area contributed by atoms with Crippen LogP contribution in [0.5, 0.6) is 0 Å². The highest BCUT2D eigenvalue weighted by molar-refractivity contribution is 7.92. The third-order valence-electron chi connectivity index (χ3n) is 6.08. The fourth-order valence-corrected chi connectivity index (χ4v) is 6.61. The maximum Gasteiger partial charge on any atom is 0.333 e. The largest absolute Gasteiger partial charge is 0.333 e. The van der Waals surface area contributed by atoms with Gasteiger partial charge in [0.1, 0.15) is 6.07 Å². The Bertz CT molecular complexity index is 1220. The summed E-state index contributed by atoms with van der Waals surface area (Å²) in [5, 5.41) is 12.2. The van der Waals surface area contributed by atoms with Gasteiger partial charge in [-0.3, -0.25) is 0 Å². The molecule has 8 heteroatoms. The van der Waals surface area contributed by atoms with Crippen LogP contribution in [0.25, 0.3) is 5.57 Å². The van der Waals surface area contributed by atoms with Crippen molar-refractivity contribution in [1.82, 2.24) is 4.72 Å². The number of benzene rings is 1. The van der Waals surface area contributed by atoms with Crippen molar-refractivity contribution in [2.45, 2.75) is 56.1 Å². The Morgan fingerprint density at radius 1 is 1.32 bits per heavy atom. The molecule has 2 N–H and O–H groups in total. The van der Waals surface area contributed by atoms with Gasteiger partial charge in [0.25, 0.3) is 10.0 Å². The van der Waals surface area contributed by atoms with Crippen LogP contribution in [0.4, 0.5) is 10.5 Å². The molecule has 0 bridgehead atoms. The molecule has 2 amide bonds. The molecule has 0 radical (unpaired) electrons. The lowest BCUT2D eigenvalue weighted by molar-refractivity contribution is 0.256. The van der Waals surface area contributed by atoms with Crippen LogP contribution in [0.3, 0.4) is 0 Å². The summed E-state index contributed by atoms with van der Waals surface area (Å²) in [6, 6.07) is 6.79. The van der Waals surface area contributed by atoms with Crippen LogP contribution < -0.4 is 10.0 Å². The minimum atomic E-state index is -4.19. The molecule has 1 saturated carbocycles. The first-order valence-electron chi connectivity index (χ1n) is 10.4. The van der Waals surface area contributed by atoms with E-state index in [1.807, 2.05) is 6.07 Å². The van der Waals surface area contributed by atoms with Crippen molar-refractivity contribution in [2.24, 2.45) is 5.92 Å². The predicted molar refractivity (Wildman–Crippen MR) is 123 cm³/mol. The van der Waals surface area contributed by atoms with E-state index < -0.39 is 16.1 Å². The number of carbonyl (C=O) groups excluding carboxylic acids is 1. The van der Waals surface area contributed by atoms with Crippen molar-refractivity contribution in [3.63, 3.8) is 0 Å². The van der Waals surface area contributed by atoms with Crippen LogP contribution in [0.1, 0.15) is 66.2 Å². The van der Waals surface area contributed by atoms with E-state index in [2.05, 4.69) is 35.7 Å². The summed E-state index contributed by atoms with van der Waals surface area (Å²) in [7, 11) is -4.19. The van der Waals surface area contributed by atoms with Gasteiger partial charge in [-0.05, 0) is 79.2 Å². The average Bonchev–Trinajstić information content (AvgIpc) is 3.26. The first kappa shape index (κ1) is 21.6. The number of nitriles is 1. The Kier molecular flexibility index (Phi) is 5.67. The number of hydrogen-bond acceptors (Lipinski definition) is 5. The number of amides is 2. The quantitative estimate of drug-likeness (QED) is 0.628. The lowest BCUT2D eigenvalue weighted by Gasteiger charge is -2.20. The molecular weight excluding hydrogens is 430 g/mol. The van der Waals surface area contributed by atoms with E-state index >= 15 is 0 Å². The summed E-state index contributed by atoms with van der Waals surface area (Å²) in [6.07, 6.45) is 5.22. The first-order chi connectivity index (χ1) is 14.7. The van der Waals surface area contributed by atoms with Crippen molar-refractivity contribution in [2.75, 3.05) is 5.32 Å². The molecule has 0 saturated heterocycles. The molecule has 1 fully saturated rings. The minimum absolute atomic E-state index is 0.00643. The monoisotopic (exact) mass is 455 g/mol. The summed E-state index contributed by atoms with van der Waals surface area (Å²) < 4.78 is 27.7. The van der Waals surface area contributed by atoms with Crippen molar-refractivity contribution < 1.29 is 13.2 Å². The fraction of sp³-hybridized carbons (Fsp3) is 0.391. The minimum Gasteiger partial charge on any atom is -0.307 e. The number of fused-ring (bicyclic) bond motifs is 1. The lowest BCUT2D eigenvalue weighted by atomic mass is 9.91. The van der Waals surface area contributed by atoms with Crippen molar-refractivity contribution in [1.29, 1.82) is 5.26 Å². The molecule has 1 heterocycles. The topological polar surface area (TPSA) is 99.1 Å². The van der Waals surface area contributed by atoms with Gasteiger partial charge in [-0.25, -0.2) is 17.9 Å². The SMILES string of the molecule is C=C(C)c1cc(C#N)c(S(=O)(=O)NC(=O)Nc2c([C@H](C)C3CC3)ccc3c2CCC3)s1. The summed E-state index contributed by atoms with van der Waals surface area (Å²) in [5.74, 6) is 0.912. The zero-order chi connectivity index (χ0) is 22.3. The third-order valence-corrected chi connectivity index (χ3v) is 9.25. The molecule has 162 valence electrons. The number of aryl methyl sites for hydroxylation is 1. The van der Waals surface area contributed by atoms with Gasteiger partial charge in [-0.2, -0.15) is 5.26 Å². The second-order valence-electron chi connectivity index (χ2n) is 8.41. The van der Waals surface area contributed by atoms with E-state index in [4.69, 9.17) is 0 Å². The Morgan fingerprint density at radius 3 is 2.71 bits per heavy atom. The van der Waals surface area contributed by atoms with E-state index in [9.17, 15) is 18.5 Å². The Hall–Kier alpha value is -2.63. The highest BCUT2D eigenvalue weighted by atomic mass is 32.2. The number of allylic oxidation sites excluding steroid dienone is 1. The van der Waals surface area contributed by atoms with E-state index in [1.165, 1.54) is 24.5 Å². The first-order valence-corrected chi connectivity index (χ1v) is 12.7. The second kappa shape index (κ2) is 8.13. The van der Waals surface area contributed by atoms with Crippen molar-refractivity contribution in [3.05, 3.63) is 51.9 Å². The molecule has 2 aliphatic carbocycles. The Balaban J connectivity index is 1.62. The molecule has 1 aromatic heterocycles. The van der Waals surface area contributed by atoms with Crippen molar-refractivity contribution >= 4 is 38.7 Å². The van der Waals surface area contributed by atoms with Gasteiger partial charge >= 0.3 is 6.03 Å². The number of urea groups is 1. The maximum absolute atomic E-state index is 12.9. The summed E-state index contributed by atoms with van der Waals surface area (Å²) in [4.78, 5) is 13.4.